The third-order valence-corrected chi connectivity index (χ3v) is 7.67. The van der Waals surface area contributed by atoms with Crippen LogP contribution in [0.2, 0.25) is 0 Å². The van der Waals surface area contributed by atoms with Crippen molar-refractivity contribution in [3.63, 3.8) is 0 Å². The van der Waals surface area contributed by atoms with E-state index >= 15 is 0 Å². The van der Waals surface area contributed by atoms with E-state index in [1.165, 1.54) is 6.92 Å². The molecule has 2 aromatic carbocycles. The number of aromatic amines is 1. The van der Waals surface area contributed by atoms with Crippen LogP contribution in [0.4, 0.5) is 0 Å². The Kier molecular flexibility index (Phi) is 7.40. The van der Waals surface area contributed by atoms with Crippen LogP contribution in [0.15, 0.2) is 56.2 Å². The molecule has 41 heavy (non-hydrogen) atoms. The average Bonchev–Trinajstić information content (AvgIpc) is 3.46. The Labute approximate surface area is 234 Å². The van der Waals surface area contributed by atoms with Crippen LogP contribution in [0, 0.1) is 20.8 Å². The lowest BCUT2D eigenvalue weighted by atomic mass is 10.0. The van der Waals surface area contributed by atoms with Crippen molar-refractivity contribution in [1.82, 2.24) is 15.6 Å². The Morgan fingerprint density at radius 1 is 0.951 bits per heavy atom. The number of benzene rings is 2. The monoisotopic (exact) mass is 557 g/mol. The number of carboxylic acid groups (broad SMARTS) is 1. The zero-order valence-corrected chi connectivity index (χ0v) is 23.2. The lowest BCUT2D eigenvalue weighted by Gasteiger charge is -2.19. The predicted octanol–water partition coefficient (Wildman–Crippen LogP) is 4.20. The van der Waals surface area contributed by atoms with E-state index in [0.29, 0.717) is 16.7 Å². The minimum absolute atomic E-state index is 0.0570. The highest BCUT2D eigenvalue weighted by Crippen LogP contribution is 2.31. The molecule has 0 saturated carbocycles. The molecule has 10 heteroatoms. The number of H-pyrrole nitrogens is 1. The van der Waals surface area contributed by atoms with E-state index in [9.17, 15) is 24.3 Å². The van der Waals surface area contributed by atoms with Crippen LogP contribution in [0.25, 0.3) is 32.8 Å². The maximum absolute atomic E-state index is 12.8. The van der Waals surface area contributed by atoms with Gasteiger partial charge >= 0.3 is 11.6 Å². The third kappa shape index (κ3) is 5.45. The second-order valence-corrected chi connectivity index (χ2v) is 10.4. The van der Waals surface area contributed by atoms with Crippen LogP contribution in [0.5, 0.6) is 0 Å². The molecule has 0 aliphatic heterocycles. The number of carboxylic acids is 1. The van der Waals surface area contributed by atoms with Gasteiger partial charge < -0.3 is 29.6 Å². The van der Waals surface area contributed by atoms with Gasteiger partial charge in [-0.2, -0.15) is 0 Å². The molecule has 2 atom stereocenters. The average molecular weight is 558 g/mol. The molecule has 0 saturated heterocycles. The van der Waals surface area contributed by atoms with Crippen LogP contribution in [0.3, 0.4) is 0 Å². The molecule has 212 valence electrons. The molecule has 0 spiro atoms. The Hall–Kier alpha value is -4.86. The van der Waals surface area contributed by atoms with Crippen molar-refractivity contribution in [2.75, 3.05) is 0 Å². The predicted molar refractivity (Wildman–Crippen MR) is 154 cm³/mol. The SMILES string of the molecule is Cc1oc2cc3oc(=O)c(CCC(=O)N[C@@H](C)C(=O)N[C@H](Cc4c[nH]c5ccccc45)C(=O)O)c(C)c3cc2c1C. The first-order valence-corrected chi connectivity index (χ1v) is 13.4. The molecule has 0 aliphatic rings. The first kappa shape index (κ1) is 27.7. The van der Waals surface area contributed by atoms with Gasteiger partial charge in [0, 0.05) is 52.3 Å². The molecule has 0 radical (unpaired) electrons. The van der Waals surface area contributed by atoms with Crippen molar-refractivity contribution in [3.05, 3.63) is 81.0 Å². The number of aryl methyl sites for hydroxylation is 3. The summed E-state index contributed by atoms with van der Waals surface area (Å²) in [6.07, 6.45) is 1.86. The first-order valence-electron chi connectivity index (χ1n) is 13.4. The second kappa shape index (κ2) is 11.0. The van der Waals surface area contributed by atoms with Gasteiger partial charge in [-0.1, -0.05) is 18.2 Å². The molecule has 10 nitrogen and oxygen atoms in total. The van der Waals surface area contributed by atoms with Gasteiger partial charge in [-0.3, -0.25) is 9.59 Å². The summed E-state index contributed by atoms with van der Waals surface area (Å²) in [4.78, 5) is 53.2. The van der Waals surface area contributed by atoms with Crippen molar-refractivity contribution in [1.29, 1.82) is 0 Å². The topological polar surface area (TPSA) is 155 Å². The van der Waals surface area contributed by atoms with E-state index < -0.39 is 35.5 Å². The maximum Gasteiger partial charge on any atom is 0.339 e. The summed E-state index contributed by atoms with van der Waals surface area (Å²) in [6.45, 7) is 7.13. The van der Waals surface area contributed by atoms with Gasteiger partial charge in [0.15, 0.2) is 0 Å². The van der Waals surface area contributed by atoms with Crippen molar-refractivity contribution in [2.24, 2.45) is 0 Å². The fraction of sp³-hybridized carbons (Fsp3) is 0.290. The zero-order valence-electron chi connectivity index (χ0n) is 23.2. The van der Waals surface area contributed by atoms with Crippen molar-refractivity contribution >= 4 is 50.6 Å². The number of fused-ring (bicyclic) bond motifs is 3. The fourth-order valence-corrected chi connectivity index (χ4v) is 5.15. The molecule has 0 aliphatic carbocycles. The molecule has 0 bridgehead atoms. The van der Waals surface area contributed by atoms with E-state index in [4.69, 9.17) is 8.83 Å². The number of aromatic nitrogens is 1. The largest absolute Gasteiger partial charge is 0.480 e. The summed E-state index contributed by atoms with van der Waals surface area (Å²) in [5.74, 6) is -1.47. The van der Waals surface area contributed by atoms with Gasteiger partial charge in [0.05, 0.1) is 0 Å². The summed E-state index contributed by atoms with van der Waals surface area (Å²) in [5, 5.41) is 17.4. The Morgan fingerprint density at radius 2 is 1.66 bits per heavy atom. The van der Waals surface area contributed by atoms with Crippen LogP contribution < -0.4 is 16.3 Å². The molecule has 0 fully saturated rings. The van der Waals surface area contributed by atoms with Crippen LogP contribution in [0.1, 0.15) is 41.4 Å². The van der Waals surface area contributed by atoms with E-state index in [1.807, 2.05) is 51.1 Å². The maximum atomic E-state index is 12.8. The van der Waals surface area contributed by atoms with Gasteiger partial charge in [0.1, 0.15) is 29.0 Å². The number of nitrogens with one attached hydrogen (secondary N) is 3. The van der Waals surface area contributed by atoms with Gasteiger partial charge in [-0.05, 0) is 62.9 Å². The quantitative estimate of drug-likeness (QED) is 0.198. The van der Waals surface area contributed by atoms with Gasteiger partial charge in [0.25, 0.3) is 0 Å². The number of amides is 2. The molecule has 3 heterocycles. The van der Waals surface area contributed by atoms with Crippen LogP contribution in [-0.4, -0.2) is 40.0 Å². The molecule has 2 amide bonds. The molecular formula is C31H31N3O7. The minimum atomic E-state index is -1.18. The van der Waals surface area contributed by atoms with Crippen LogP contribution >= 0.6 is 0 Å². The number of carbonyl (C=O) groups is 3. The number of hydrogen-bond acceptors (Lipinski definition) is 6. The molecule has 5 aromatic rings. The van der Waals surface area contributed by atoms with Crippen molar-refractivity contribution in [3.8, 4) is 0 Å². The van der Waals surface area contributed by atoms with Crippen LogP contribution in [-0.2, 0) is 27.2 Å². The summed E-state index contributed by atoms with van der Waals surface area (Å²) in [5.41, 5.74) is 4.25. The number of aliphatic carboxylic acids is 1. The van der Waals surface area contributed by atoms with Crippen molar-refractivity contribution in [2.45, 2.75) is 59.0 Å². The summed E-state index contributed by atoms with van der Waals surface area (Å²) < 4.78 is 11.3. The lowest BCUT2D eigenvalue weighted by Crippen LogP contribution is -2.51. The highest BCUT2D eigenvalue weighted by molar-refractivity contribution is 5.97. The number of furan rings is 1. The number of rotatable bonds is 9. The van der Waals surface area contributed by atoms with Gasteiger partial charge in [-0.15, -0.1) is 0 Å². The second-order valence-electron chi connectivity index (χ2n) is 10.4. The van der Waals surface area contributed by atoms with Gasteiger partial charge in [-0.25, -0.2) is 9.59 Å². The van der Waals surface area contributed by atoms with E-state index in [0.717, 1.165) is 44.1 Å². The Morgan fingerprint density at radius 3 is 2.41 bits per heavy atom. The molecule has 5 rings (SSSR count). The van der Waals surface area contributed by atoms with E-state index in [2.05, 4.69) is 15.6 Å². The molecular weight excluding hydrogens is 526 g/mol. The number of carbonyl (C=O) groups excluding carboxylic acids is 2. The summed E-state index contributed by atoms with van der Waals surface area (Å²) in [6, 6.07) is 8.96. The van der Waals surface area contributed by atoms with E-state index in [1.54, 1.807) is 12.3 Å². The third-order valence-electron chi connectivity index (χ3n) is 7.67. The Bertz CT molecular complexity index is 1880. The summed E-state index contributed by atoms with van der Waals surface area (Å²) >= 11 is 0. The fourth-order valence-electron chi connectivity index (χ4n) is 5.15. The number of hydrogen-bond donors (Lipinski definition) is 4. The standard InChI is InChI=1S/C31H31N3O7/c1-15-18(4)40-26-13-27-23(12-22(15)26)16(2)20(31(39)41-27)9-10-28(35)33-17(3)29(36)34-25(30(37)38)11-19-14-32-24-8-6-5-7-21(19)24/h5-8,12-14,17,25,32H,9-11H2,1-4H3,(H,33,35)(H,34,36)(H,37,38)/t17-,25+/m0/s1. The lowest BCUT2D eigenvalue weighted by molar-refractivity contribution is -0.142. The summed E-state index contributed by atoms with van der Waals surface area (Å²) in [7, 11) is 0. The van der Waals surface area contributed by atoms with Gasteiger partial charge in [0.2, 0.25) is 11.8 Å². The smallest absolute Gasteiger partial charge is 0.339 e. The highest BCUT2D eigenvalue weighted by Gasteiger charge is 2.25. The minimum Gasteiger partial charge on any atom is -0.480 e. The molecule has 4 N–H and O–H groups in total. The first-order chi connectivity index (χ1) is 19.5. The molecule has 0 unspecified atom stereocenters. The Balaban J connectivity index is 1.23. The number of para-hydroxylation sites is 1. The van der Waals surface area contributed by atoms with Crippen molar-refractivity contribution < 1.29 is 28.3 Å². The highest BCUT2D eigenvalue weighted by atomic mass is 16.4. The van der Waals surface area contributed by atoms with E-state index in [-0.39, 0.29) is 19.3 Å². The molecule has 3 aromatic heterocycles. The zero-order chi connectivity index (χ0) is 29.4. The normalized spacial score (nSPS) is 13.0.